The molecule has 0 spiro atoms. The molecule has 1 aromatic carbocycles. The van der Waals surface area contributed by atoms with E-state index in [1.807, 2.05) is 37.3 Å². The zero-order valence-electron chi connectivity index (χ0n) is 13.7. The van der Waals surface area contributed by atoms with Crippen molar-refractivity contribution in [3.8, 4) is 5.75 Å². The number of aromatic nitrogens is 1. The Morgan fingerprint density at radius 2 is 2.25 bits per heavy atom. The van der Waals surface area contributed by atoms with Crippen LogP contribution in [0.1, 0.15) is 28.8 Å². The average molecular weight is 324 g/mol. The Bertz CT molecular complexity index is 734. The quantitative estimate of drug-likeness (QED) is 0.820. The van der Waals surface area contributed by atoms with Crippen molar-refractivity contribution in [2.75, 3.05) is 0 Å². The standard InChI is InChI=1S/C18H21BN2O3/c1-12-3-2-4-14-8-15(19(23)24-18(12)14)9-17(22)7-13-5-6-16(10-20)21-11-13/h2-6,11,15,23H,7-10,20H2,1H3. The summed E-state index contributed by atoms with van der Waals surface area (Å²) in [7, 11) is -0.944. The summed E-state index contributed by atoms with van der Waals surface area (Å²) in [5.74, 6) is 0.597. The molecule has 3 N–H and O–H groups in total. The van der Waals surface area contributed by atoms with Gasteiger partial charge in [0.15, 0.2) is 0 Å². The fourth-order valence-electron chi connectivity index (χ4n) is 3.09. The number of pyridine rings is 1. The second-order valence-electron chi connectivity index (χ2n) is 6.32. The van der Waals surface area contributed by atoms with Crippen LogP contribution in [0.15, 0.2) is 36.5 Å². The lowest BCUT2D eigenvalue weighted by Gasteiger charge is -2.28. The number of para-hydroxylation sites is 1. The van der Waals surface area contributed by atoms with Crippen LogP contribution in [0.3, 0.4) is 0 Å². The molecule has 0 bridgehead atoms. The van der Waals surface area contributed by atoms with Crippen LogP contribution in [-0.2, 0) is 24.2 Å². The zero-order valence-corrected chi connectivity index (χ0v) is 13.7. The van der Waals surface area contributed by atoms with Gasteiger partial charge in [0.25, 0.3) is 0 Å². The Balaban J connectivity index is 1.64. The molecule has 1 unspecified atom stereocenters. The van der Waals surface area contributed by atoms with Gasteiger partial charge >= 0.3 is 7.12 Å². The monoisotopic (exact) mass is 324 g/mol. The number of fused-ring (bicyclic) bond motifs is 1. The molecule has 1 atom stereocenters. The van der Waals surface area contributed by atoms with Crippen molar-refractivity contribution >= 4 is 12.9 Å². The lowest BCUT2D eigenvalue weighted by atomic mass is 9.64. The van der Waals surface area contributed by atoms with Gasteiger partial charge in [-0.2, -0.15) is 0 Å². The highest BCUT2D eigenvalue weighted by molar-refractivity contribution is 6.46. The molecule has 0 saturated heterocycles. The maximum Gasteiger partial charge on any atom is 0.526 e. The van der Waals surface area contributed by atoms with Gasteiger partial charge < -0.3 is 15.4 Å². The van der Waals surface area contributed by atoms with Crippen LogP contribution in [-0.4, -0.2) is 22.9 Å². The fraction of sp³-hybridized carbons (Fsp3) is 0.333. The van der Waals surface area contributed by atoms with E-state index in [2.05, 4.69) is 4.98 Å². The third-order valence-corrected chi connectivity index (χ3v) is 4.40. The number of nitrogens with two attached hydrogens (primary N) is 1. The number of aryl methyl sites for hydroxylation is 1. The lowest BCUT2D eigenvalue weighted by molar-refractivity contribution is -0.118. The number of hydrogen-bond donors (Lipinski definition) is 2. The Labute approximate surface area is 142 Å². The van der Waals surface area contributed by atoms with E-state index in [9.17, 15) is 9.82 Å². The number of benzene rings is 1. The van der Waals surface area contributed by atoms with Gasteiger partial charge in [-0.1, -0.05) is 24.3 Å². The summed E-state index contributed by atoms with van der Waals surface area (Å²) in [4.78, 5) is 16.5. The molecular weight excluding hydrogens is 303 g/mol. The Morgan fingerprint density at radius 3 is 2.96 bits per heavy atom. The Morgan fingerprint density at radius 1 is 1.42 bits per heavy atom. The van der Waals surface area contributed by atoms with Crippen molar-refractivity contribution in [3.63, 3.8) is 0 Å². The minimum Gasteiger partial charge on any atom is -0.536 e. The highest BCUT2D eigenvalue weighted by Gasteiger charge is 2.36. The summed E-state index contributed by atoms with van der Waals surface area (Å²) < 4.78 is 5.63. The third-order valence-electron chi connectivity index (χ3n) is 4.40. The Hall–Kier alpha value is -2.18. The third kappa shape index (κ3) is 3.66. The van der Waals surface area contributed by atoms with Crippen LogP contribution in [0.25, 0.3) is 0 Å². The predicted molar refractivity (Wildman–Crippen MR) is 92.7 cm³/mol. The summed E-state index contributed by atoms with van der Waals surface area (Å²) in [5, 5.41) is 10.2. The summed E-state index contributed by atoms with van der Waals surface area (Å²) in [5.41, 5.74) is 9.23. The van der Waals surface area contributed by atoms with Crippen LogP contribution in [0, 0.1) is 6.92 Å². The van der Waals surface area contributed by atoms with Gasteiger partial charge in [-0.25, -0.2) is 0 Å². The lowest BCUT2D eigenvalue weighted by Crippen LogP contribution is -2.35. The SMILES string of the molecule is Cc1cccc2c1OB(O)C(CC(=O)Cc1ccc(CN)nc1)C2. The summed E-state index contributed by atoms with van der Waals surface area (Å²) in [6.07, 6.45) is 2.93. The molecule has 124 valence electrons. The number of carbonyl (C=O) groups excluding carboxylic acids is 1. The molecule has 24 heavy (non-hydrogen) atoms. The number of nitrogens with zero attached hydrogens (tertiary/aromatic N) is 1. The minimum absolute atomic E-state index is 0.0704. The number of hydrogen-bond acceptors (Lipinski definition) is 5. The van der Waals surface area contributed by atoms with Gasteiger partial charge in [-0.3, -0.25) is 9.78 Å². The number of rotatable bonds is 5. The van der Waals surface area contributed by atoms with Crippen molar-refractivity contribution in [1.82, 2.24) is 4.98 Å². The molecular formula is C18H21BN2O3. The summed E-state index contributed by atoms with van der Waals surface area (Å²) in [6, 6.07) is 9.62. The van der Waals surface area contributed by atoms with Crippen molar-refractivity contribution in [1.29, 1.82) is 0 Å². The zero-order chi connectivity index (χ0) is 17.1. The smallest absolute Gasteiger partial charge is 0.526 e. The average Bonchev–Trinajstić information content (AvgIpc) is 2.57. The van der Waals surface area contributed by atoms with E-state index in [0.29, 0.717) is 19.4 Å². The first-order valence-corrected chi connectivity index (χ1v) is 8.15. The number of ketones is 1. The molecule has 0 aliphatic carbocycles. The van der Waals surface area contributed by atoms with Crippen molar-refractivity contribution in [2.24, 2.45) is 5.73 Å². The number of carbonyl (C=O) groups is 1. The van der Waals surface area contributed by atoms with Crippen LogP contribution >= 0.6 is 0 Å². The van der Waals surface area contributed by atoms with Gasteiger partial charge in [0, 0.05) is 31.4 Å². The second-order valence-corrected chi connectivity index (χ2v) is 6.32. The minimum atomic E-state index is -0.944. The predicted octanol–water partition coefficient (Wildman–Crippen LogP) is 1.84. The highest BCUT2D eigenvalue weighted by atomic mass is 16.5. The van der Waals surface area contributed by atoms with Gasteiger partial charge in [0.05, 0.1) is 5.69 Å². The molecule has 3 rings (SSSR count). The van der Waals surface area contributed by atoms with Crippen molar-refractivity contribution < 1.29 is 14.5 Å². The van der Waals surface area contributed by atoms with Crippen LogP contribution in [0.2, 0.25) is 5.82 Å². The van der Waals surface area contributed by atoms with Gasteiger partial charge in [-0.15, -0.1) is 0 Å². The van der Waals surface area contributed by atoms with E-state index in [1.165, 1.54) is 0 Å². The molecule has 1 aliphatic rings. The summed E-state index contributed by atoms with van der Waals surface area (Å²) >= 11 is 0. The topological polar surface area (TPSA) is 85.4 Å². The van der Waals surface area contributed by atoms with E-state index in [0.717, 1.165) is 28.1 Å². The first-order chi connectivity index (χ1) is 11.6. The van der Waals surface area contributed by atoms with E-state index in [4.69, 9.17) is 10.4 Å². The molecule has 0 saturated carbocycles. The van der Waals surface area contributed by atoms with Gasteiger partial charge in [0.1, 0.15) is 11.5 Å². The fourth-order valence-corrected chi connectivity index (χ4v) is 3.09. The molecule has 6 heteroatoms. The molecule has 0 radical (unpaired) electrons. The van der Waals surface area contributed by atoms with Crippen LogP contribution < -0.4 is 10.4 Å². The molecule has 2 aromatic rings. The maximum absolute atomic E-state index is 12.3. The van der Waals surface area contributed by atoms with Crippen LogP contribution in [0.5, 0.6) is 5.75 Å². The van der Waals surface area contributed by atoms with E-state index >= 15 is 0 Å². The molecule has 1 aromatic heterocycles. The molecule has 0 fully saturated rings. The molecule has 5 nitrogen and oxygen atoms in total. The second kappa shape index (κ2) is 7.15. The highest BCUT2D eigenvalue weighted by Crippen LogP contribution is 2.35. The molecule has 0 amide bonds. The summed E-state index contributed by atoms with van der Waals surface area (Å²) in [6.45, 7) is 2.34. The first kappa shape index (κ1) is 16.7. The van der Waals surface area contributed by atoms with E-state index in [-0.39, 0.29) is 18.0 Å². The van der Waals surface area contributed by atoms with Gasteiger partial charge in [0.2, 0.25) is 0 Å². The van der Waals surface area contributed by atoms with Crippen molar-refractivity contribution in [3.05, 3.63) is 58.9 Å². The molecule has 1 aliphatic heterocycles. The first-order valence-electron chi connectivity index (χ1n) is 8.15. The van der Waals surface area contributed by atoms with E-state index in [1.54, 1.807) is 6.20 Å². The van der Waals surface area contributed by atoms with Crippen molar-refractivity contribution in [2.45, 2.75) is 38.5 Å². The number of Topliss-reactive ketones (excluding diaryl/α,β-unsaturated/α-hetero) is 1. The normalized spacial score (nSPS) is 16.5. The molecule has 2 heterocycles. The Kier molecular flexibility index (Phi) is 4.97. The van der Waals surface area contributed by atoms with Crippen LogP contribution in [0.4, 0.5) is 0 Å². The maximum atomic E-state index is 12.3. The van der Waals surface area contributed by atoms with E-state index < -0.39 is 7.12 Å². The van der Waals surface area contributed by atoms with Gasteiger partial charge in [-0.05, 0) is 36.1 Å². The largest absolute Gasteiger partial charge is 0.536 e.